The number of rotatable bonds is 34. The third-order valence-electron chi connectivity index (χ3n) is 7.65. The molecular weight excluding hydrogens is 649 g/mol. The maximum atomic E-state index is 12.2. The summed E-state index contributed by atoms with van der Waals surface area (Å²) in [7, 11) is -4.75. The van der Waals surface area contributed by atoms with Crippen LogP contribution in [-0.2, 0) is 32.7 Å². The topological polar surface area (TPSA) is 169 Å². The van der Waals surface area contributed by atoms with Crippen molar-refractivity contribution in [2.45, 2.75) is 161 Å². The Labute approximate surface area is 295 Å². The number of carbonyl (C=O) groups excluding carboxylic acids is 2. The van der Waals surface area contributed by atoms with Gasteiger partial charge in [0.1, 0.15) is 12.7 Å². The van der Waals surface area contributed by atoms with Gasteiger partial charge in [-0.1, -0.05) is 115 Å². The summed E-state index contributed by atoms with van der Waals surface area (Å²) >= 11 is 0. The Morgan fingerprint density at radius 3 is 1.67 bits per heavy atom. The van der Waals surface area contributed by atoms with E-state index in [1.807, 2.05) is 0 Å². The summed E-state index contributed by atoms with van der Waals surface area (Å²) < 4.78 is 26.7. The largest absolute Gasteiger partial charge is 0.480 e. The molecule has 284 valence electrons. The van der Waals surface area contributed by atoms with E-state index in [0.717, 1.165) is 83.5 Å². The van der Waals surface area contributed by atoms with Crippen LogP contribution in [0.15, 0.2) is 36.5 Å². The summed E-state index contributed by atoms with van der Waals surface area (Å²) in [5.41, 5.74) is 0. The molecule has 0 aliphatic carbocycles. The molecule has 4 N–H and O–H groups in total. The van der Waals surface area contributed by atoms with Crippen LogP contribution in [0, 0.1) is 0 Å². The van der Waals surface area contributed by atoms with E-state index in [-0.39, 0.29) is 12.8 Å². The smallest absolute Gasteiger partial charge is 0.472 e. The van der Waals surface area contributed by atoms with Crippen molar-refractivity contribution in [1.29, 1.82) is 0 Å². The van der Waals surface area contributed by atoms with Crippen molar-refractivity contribution in [3.8, 4) is 0 Å². The minimum absolute atomic E-state index is 0.128. The molecule has 49 heavy (non-hydrogen) atoms. The first kappa shape index (κ1) is 46.7. The first-order valence-electron chi connectivity index (χ1n) is 18.5. The van der Waals surface area contributed by atoms with Crippen LogP contribution in [0.1, 0.15) is 149 Å². The van der Waals surface area contributed by atoms with Gasteiger partial charge < -0.3 is 25.2 Å². The second kappa shape index (κ2) is 32.9. The molecule has 0 bridgehead atoms. The minimum Gasteiger partial charge on any atom is -0.480 e. The molecule has 0 rings (SSSR count). The van der Waals surface area contributed by atoms with Gasteiger partial charge in [-0.05, 0) is 57.8 Å². The van der Waals surface area contributed by atoms with Gasteiger partial charge in [0.2, 0.25) is 5.91 Å². The number of nitrogens with one attached hydrogen (secondary N) is 1. The normalized spacial score (nSPS) is 14.4. The van der Waals surface area contributed by atoms with Crippen LogP contribution in [0.5, 0.6) is 0 Å². The minimum atomic E-state index is -4.75. The number of carbonyl (C=O) groups is 3. The number of unbranched alkanes of at least 4 members (excludes halogenated alkanes) is 14. The average Bonchev–Trinajstić information content (AvgIpc) is 3.07. The van der Waals surface area contributed by atoms with Crippen LogP contribution in [0.4, 0.5) is 0 Å². The van der Waals surface area contributed by atoms with E-state index in [1.165, 1.54) is 25.7 Å². The molecule has 3 atom stereocenters. The zero-order chi connectivity index (χ0) is 36.4. The quantitative estimate of drug-likeness (QED) is 0.0219. The van der Waals surface area contributed by atoms with E-state index in [0.29, 0.717) is 12.8 Å². The van der Waals surface area contributed by atoms with Crippen LogP contribution in [0.3, 0.4) is 0 Å². The van der Waals surface area contributed by atoms with Gasteiger partial charge in [-0.3, -0.25) is 18.6 Å². The lowest BCUT2D eigenvalue weighted by Gasteiger charge is -2.18. The molecule has 0 aromatic heterocycles. The standard InChI is InChI=1S/C37H66NO10P/c1-3-5-7-9-11-13-15-16-17-19-20-22-24-26-28-35(40)38-34(37(42)43)32-48-49(44,45)47-31-33(39)30-46-36(41)29-27-25-23-21-18-14-12-10-8-6-4-2/h9-12,15-16,33-34,39H,3-8,13-14,17-32H2,1-2H3,(H,38,40)(H,42,43)(H,44,45)/b11-9-,12-10-,16-15-. The SMILES string of the molecule is CCCC/C=C\C/C=C\CCCCCCCC(=O)NC(COP(=O)(O)OCC(O)COC(=O)CCCCCCC/C=C\CCCC)C(=O)O. The Morgan fingerprint density at radius 1 is 0.653 bits per heavy atom. The molecule has 0 aromatic carbocycles. The van der Waals surface area contributed by atoms with Crippen molar-refractivity contribution >= 4 is 25.7 Å². The molecule has 3 unspecified atom stereocenters. The highest BCUT2D eigenvalue weighted by Gasteiger charge is 2.28. The van der Waals surface area contributed by atoms with Gasteiger partial charge in [0.15, 0.2) is 6.04 Å². The first-order chi connectivity index (χ1) is 23.6. The van der Waals surface area contributed by atoms with Crippen molar-refractivity contribution < 1.29 is 47.8 Å². The number of ether oxygens (including phenoxy) is 1. The molecule has 12 heteroatoms. The van der Waals surface area contributed by atoms with Gasteiger partial charge in [0.25, 0.3) is 0 Å². The third-order valence-corrected chi connectivity index (χ3v) is 8.60. The summed E-state index contributed by atoms with van der Waals surface area (Å²) in [5, 5.41) is 21.7. The monoisotopic (exact) mass is 715 g/mol. The van der Waals surface area contributed by atoms with Crippen LogP contribution in [-0.4, -0.2) is 64.9 Å². The summed E-state index contributed by atoms with van der Waals surface area (Å²) in [5.74, 6) is -2.41. The lowest BCUT2D eigenvalue weighted by Crippen LogP contribution is -2.43. The number of phosphoric ester groups is 1. The molecule has 0 aliphatic heterocycles. The van der Waals surface area contributed by atoms with E-state index < -0.39 is 57.6 Å². The van der Waals surface area contributed by atoms with E-state index in [9.17, 15) is 34.1 Å². The number of hydrogen-bond acceptors (Lipinski definition) is 8. The highest BCUT2D eigenvalue weighted by atomic mass is 31.2. The van der Waals surface area contributed by atoms with Crippen molar-refractivity contribution in [2.75, 3.05) is 19.8 Å². The second-order valence-electron chi connectivity index (χ2n) is 12.4. The van der Waals surface area contributed by atoms with Crippen molar-refractivity contribution in [1.82, 2.24) is 5.32 Å². The zero-order valence-electron chi connectivity index (χ0n) is 30.2. The first-order valence-corrected chi connectivity index (χ1v) is 20.0. The molecule has 0 heterocycles. The molecule has 1 amide bonds. The number of aliphatic hydroxyl groups excluding tert-OH is 1. The Balaban J connectivity index is 4.03. The van der Waals surface area contributed by atoms with E-state index in [2.05, 4.69) is 55.6 Å². The highest BCUT2D eigenvalue weighted by molar-refractivity contribution is 7.47. The van der Waals surface area contributed by atoms with Gasteiger partial charge in [0.05, 0.1) is 13.2 Å². The number of aliphatic hydroxyl groups is 1. The molecule has 0 fully saturated rings. The summed E-state index contributed by atoms with van der Waals surface area (Å²) in [4.78, 5) is 45.6. The number of carboxylic acid groups (broad SMARTS) is 1. The van der Waals surface area contributed by atoms with Gasteiger partial charge in [0, 0.05) is 12.8 Å². The fourth-order valence-electron chi connectivity index (χ4n) is 4.66. The summed E-state index contributed by atoms with van der Waals surface area (Å²) in [6.45, 7) is 2.45. The number of aliphatic carboxylic acids is 1. The third kappa shape index (κ3) is 32.7. The van der Waals surface area contributed by atoms with Gasteiger partial charge in [-0.2, -0.15) is 0 Å². The Morgan fingerprint density at radius 2 is 1.12 bits per heavy atom. The molecular formula is C37H66NO10P. The maximum Gasteiger partial charge on any atom is 0.472 e. The predicted molar refractivity (Wildman–Crippen MR) is 194 cm³/mol. The number of esters is 1. The van der Waals surface area contributed by atoms with Gasteiger partial charge >= 0.3 is 19.8 Å². The molecule has 0 spiro atoms. The Hall–Kier alpha value is -2.30. The molecule has 0 radical (unpaired) electrons. The Bertz CT molecular complexity index is 984. The number of amides is 1. The van der Waals surface area contributed by atoms with Crippen LogP contribution in [0.25, 0.3) is 0 Å². The van der Waals surface area contributed by atoms with E-state index in [1.54, 1.807) is 0 Å². The van der Waals surface area contributed by atoms with Gasteiger partial charge in [-0.15, -0.1) is 0 Å². The zero-order valence-corrected chi connectivity index (χ0v) is 31.1. The summed E-state index contributed by atoms with van der Waals surface area (Å²) in [6.07, 6.45) is 31.8. The number of hydrogen-bond donors (Lipinski definition) is 4. The number of phosphoric acid groups is 1. The van der Waals surface area contributed by atoms with Crippen LogP contribution >= 0.6 is 7.82 Å². The van der Waals surface area contributed by atoms with Crippen molar-refractivity contribution in [3.05, 3.63) is 36.5 Å². The van der Waals surface area contributed by atoms with E-state index >= 15 is 0 Å². The molecule has 0 saturated carbocycles. The highest BCUT2D eigenvalue weighted by Crippen LogP contribution is 2.43. The Kier molecular flexibility index (Phi) is 31.3. The molecule has 0 aliphatic rings. The fourth-order valence-corrected chi connectivity index (χ4v) is 5.44. The number of allylic oxidation sites excluding steroid dienone is 6. The predicted octanol–water partition coefficient (Wildman–Crippen LogP) is 8.49. The number of carboxylic acids is 1. The van der Waals surface area contributed by atoms with Crippen LogP contribution < -0.4 is 5.32 Å². The lowest BCUT2D eigenvalue weighted by molar-refractivity contribution is -0.147. The van der Waals surface area contributed by atoms with E-state index in [4.69, 9.17) is 13.8 Å². The van der Waals surface area contributed by atoms with Crippen molar-refractivity contribution in [3.63, 3.8) is 0 Å². The molecule has 11 nitrogen and oxygen atoms in total. The van der Waals surface area contributed by atoms with Crippen LogP contribution in [0.2, 0.25) is 0 Å². The van der Waals surface area contributed by atoms with Gasteiger partial charge in [-0.25, -0.2) is 9.36 Å². The fraction of sp³-hybridized carbons (Fsp3) is 0.757. The molecule has 0 saturated heterocycles. The summed E-state index contributed by atoms with van der Waals surface area (Å²) in [6, 6.07) is -1.55. The van der Waals surface area contributed by atoms with Crippen molar-refractivity contribution in [2.24, 2.45) is 0 Å². The maximum absolute atomic E-state index is 12.2. The average molecular weight is 716 g/mol. The lowest BCUT2D eigenvalue weighted by atomic mass is 10.1. The second-order valence-corrected chi connectivity index (χ2v) is 13.9. The molecule has 0 aromatic rings.